The Morgan fingerprint density at radius 3 is 2.68 bits per heavy atom. The molecule has 1 amide bonds. The summed E-state index contributed by atoms with van der Waals surface area (Å²) in [5, 5.41) is 0. The molecule has 0 aliphatic carbocycles. The van der Waals surface area contributed by atoms with E-state index in [2.05, 4.69) is 41.1 Å². The molecule has 1 saturated heterocycles. The lowest BCUT2D eigenvalue weighted by atomic mass is 9.73. The van der Waals surface area contributed by atoms with E-state index >= 15 is 0 Å². The van der Waals surface area contributed by atoms with E-state index in [9.17, 15) is 4.79 Å². The molecule has 34 heavy (non-hydrogen) atoms. The zero-order valence-electron chi connectivity index (χ0n) is 20.7. The molecular formula is C28H40N4O2. The van der Waals surface area contributed by atoms with Gasteiger partial charge in [-0.3, -0.25) is 9.69 Å². The molecule has 6 heteroatoms. The number of anilines is 1. The number of carbonyl (C=O) groups is 1. The van der Waals surface area contributed by atoms with Crippen LogP contribution < -0.4 is 10.5 Å². The van der Waals surface area contributed by atoms with Crippen molar-refractivity contribution in [3.05, 3.63) is 53.7 Å². The summed E-state index contributed by atoms with van der Waals surface area (Å²) >= 11 is 0. The van der Waals surface area contributed by atoms with Crippen molar-refractivity contribution in [2.24, 2.45) is 5.41 Å². The van der Waals surface area contributed by atoms with Crippen LogP contribution in [0.5, 0.6) is 5.75 Å². The number of pyridine rings is 1. The van der Waals surface area contributed by atoms with Crippen LogP contribution in [-0.2, 0) is 6.42 Å². The highest BCUT2D eigenvalue weighted by Gasteiger charge is 2.37. The number of amides is 1. The number of aromatic nitrogens is 1. The normalized spacial score (nSPS) is 19.5. The van der Waals surface area contributed by atoms with Gasteiger partial charge in [-0.1, -0.05) is 38.0 Å². The Morgan fingerprint density at radius 1 is 1.09 bits per heavy atom. The van der Waals surface area contributed by atoms with E-state index in [-0.39, 0.29) is 11.3 Å². The average molecular weight is 465 g/mol. The van der Waals surface area contributed by atoms with Gasteiger partial charge in [0.25, 0.3) is 5.91 Å². The number of piperidine rings is 1. The van der Waals surface area contributed by atoms with Gasteiger partial charge in [0, 0.05) is 32.4 Å². The molecule has 2 N–H and O–H groups in total. The second-order valence-electron chi connectivity index (χ2n) is 10.1. The number of rotatable bonds is 4. The summed E-state index contributed by atoms with van der Waals surface area (Å²) in [4.78, 5) is 21.8. The number of aryl methyl sites for hydroxylation is 1. The van der Waals surface area contributed by atoms with Crippen LogP contribution in [0.25, 0.3) is 0 Å². The molecule has 0 unspecified atom stereocenters. The summed E-state index contributed by atoms with van der Waals surface area (Å²) in [6.07, 6.45) is 10.8. The molecule has 184 valence electrons. The fraction of sp³-hybridized carbons (Fsp3) is 0.571. The Bertz CT molecular complexity index is 922. The van der Waals surface area contributed by atoms with Crippen LogP contribution in [0.15, 0.2) is 42.6 Å². The molecule has 4 rings (SSSR count). The molecular weight excluding hydrogens is 424 g/mol. The van der Waals surface area contributed by atoms with Crippen LogP contribution in [0.4, 0.5) is 5.82 Å². The number of nitrogen functional groups attached to an aromatic ring is 1. The number of carbonyl (C=O) groups excluding carboxylic acids is 1. The number of likely N-dealkylation sites (tertiary alicyclic amines) is 1. The quantitative estimate of drug-likeness (QED) is 0.704. The summed E-state index contributed by atoms with van der Waals surface area (Å²) < 4.78 is 6.24. The number of benzene rings is 1. The van der Waals surface area contributed by atoms with Crippen LogP contribution in [-0.4, -0.2) is 60.0 Å². The summed E-state index contributed by atoms with van der Waals surface area (Å²) in [6.45, 7) is 7.78. The van der Waals surface area contributed by atoms with E-state index in [1.165, 1.54) is 37.7 Å². The van der Waals surface area contributed by atoms with Gasteiger partial charge in [0.1, 0.15) is 18.2 Å². The monoisotopic (exact) mass is 464 g/mol. The first-order valence-electron chi connectivity index (χ1n) is 13.0. The summed E-state index contributed by atoms with van der Waals surface area (Å²) in [7, 11) is 0. The standard InChI is InChI=1S/C28H40N4O2/c1-2-3-16-31-19-20-34-25-10-5-4-8-23(25)9-6-7-13-28(22-31)14-17-32(18-15-28)27(33)24-11-12-26(29)30-21-24/h4-5,8,10-12,21H,2-3,6-7,9,13-20,22H2,1H3,(H2,29,30). The highest BCUT2D eigenvalue weighted by atomic mass is 16.5. The largest absolute Gasteiger partial charge is 0.492 e. The molecule has 0 radical (unpaired) electrons. The summed E-state index contributed by atoms with van der Waals surface area (Å²) in [5.41, 5.74) is 7.92. The van der Waals surface area contributed by atoms with Crippen molar-refractivity contribution in [3.8, 4) is 5.75 Å². The molecule has 0 saturated carbocycles. The Hall–Kier alpha value is -2.60. The number of hydrogen-bond acceptors (Lipinski definition) is 5. The molecule has 1 spiro atoms. The molecule has 2 aliphatic rings. The number of nitrogens with two attached hydrogens (primary N) is 1. The zero-order valence-corrected chi connectivity index (χ0v) is 20.7. The molecule has 0 bridgehead atoms. The minimum Gasteiger partial charge on any atom is -0.492 e. The Morgan fingerprint density at radius 2 is 1.91 bits per heavy atom. The van der Waals surface area contributed by atoms with Crippen LogP contribution in [0.3, 0.4) is 0 Å². The lowest BCUT2D eigenvalue weighted by Gasteiger charge is -2.45. The van der Waals surface area contributed by atoms with Gasteiger partial charge < -0.3 is 15.4 Å². The van der Waals surface area contributed by atoms with Crippen LogP contribution >= 0.6 is 0 Å². The van der Waals surface area contributed by atoms with E-state index in [1.807, 2.05) is 4.90 Å². The molecule has 1 fully saturated rings. The smallest absolute Gasteiger partial charge is 0.255 e. The van der Waals surface area contributed by atoms with Gasteiger partial charge >= 0.3 is 0 Å². The lowest BCUT2D eigenvalue weighted by Crippen LogP contribution is -2.49. The molecule has 0 atom stereocenters. The van der Waals surface area contributed by atoms with Gasteiger partial charge in [-0.25, -0.2) is 4.98 Å². The van der Waals surface area contributed by atoms with E-state index in [0.29, 0.717) is 11.4 Å². The fourth-order valence-electron chi connectivity index (χ4n) is 5.46. The van der Waals surface area contributed by atoms with Crippen LogP contribution in [0.1, 0.15) is 67.8 Å². The lowest BCUT2D eigenvalue weighted by molar-refractivity contribution is 0.0374. The van der Waals surface area contributed by atoms with Crippen LogP contribution in [0.2, 0.25) is 0 Å². The molecule has 3 heterocycles. The third-order valence-corrected chi connectivity index (χ3v) is 7.57. The van der Waals surface area contributed by atoms with Crippen molar-refractivity contribution >= 4 is 11.7 Å². The SMILES string of the molecule is CCCCN1CCOc2ccccc2CCCCC2(CCN(C(=O)c3ccc(N)nc3)CC2)C1. The average Bonchev–Trinajstić information content (AvgIpc) is 2.86. The van der Waals surface area contributed by atoms with E-state index in [1.54, 1.807) is 18.3 Å². The topological polar surface area (TPSA) is 71.7 Å². The van der Waals surface area contributed by atoms with Gasteiger partial charge in [-0.2, -0.15) is 0 Å². The summed E-state index contributed by atoms with van der Waals surface area (Å²) in [6, 6.07) is 12.0. The molecule has 6 nitrogen and oxygen atoms in total. The highest BCUT2D eigenvalue weighted by Crippen LogP contribution is 2.38. The van der Waals surface area contributed by atoms with Crippen molar-refractivity contribution in [1.82, 2.24) is 14.8 Å². The molecule has 2 aliphatic heterocycles. The predicted octanol–water partition coefficient (Wildman–Crippen LogP) is 4.79. The van der Waals surface area contributed by atoms with Crippen molar-refractivity contribution in [2.75, 3.05) is 45.1 Å². The van der Waals surface area contributed by atoms with Crippen molar-refractivity contribution < 1.29 is 9.53 Å². The van der Waals surface area contributed by atoms with Gasteiger partial charge in [0.15, 0.2) is 0 Å². The number of ether oxygens (including phenoxy) is 1. The number of fused-ring (bicyclic) bond motifs is 1. The minimum absolute atomic E-state index is 0.0725. The van der Waals surface area contributed by atoms with Gasteiger partial charge in [-0.05, 0) is 74.2 Å². The Labute approximate surface area is 204 Å². The van der Waals surface area contributed by atoms with E-state index in [0.717, 1.165) is 64.3 Å². The number of nitrogens with zero attached hydrogens (tertiary/aromatic N) is 3. The molecule has 1 aromatic heterocycles. The zero-order chi connectivity index (χ0) is 23.8. The maximum atomic E-state index is 13.0. The summed E-state index contributed by atoms with van der Waals surface area (Å²) in [5.74, 6) is 1.57. The second-order valence-corrected chi connectivity index (χ2v) is 10.1. The van der Waals surface area contributed by atoms with E-state index in [4.69, 9.17) is 10.5 Å². The first kappa shape index (κ1) is 24.5. The van der Waals surface area contributed by atoms with Crippen LogP contribution in [0, 0.1) is 5.41 Å². The van der Waals surface area contributed by atoms with Crippen molar-refractivity contribution in [1.29, 1.82) is 0 Å². The van der Waals surface area contributed by atoms with Gasteiger partial charge in [0.2, 0.25) is 0 Å². The maximum Gasteiger partial charge on any atom is 0.255 e. The first-order chi connectivity index (χ1) is 16.6. The van der Waals surface area contributed by atoms with Crippen molar-refractivity contribution in [2.45, 2.75) is 58.3 Å². The molecule has 1 aromatic carbocycles. The van der Waals surface area contributed by atoms with Gasteiger partial charge in [-0.15, -0.1) is 0 Å². The maximum absolute atomic E-state index is 13.0. The Balaban J connectivity index is 1.45. The first-order valence-corrected chi connectivity index (χ1v) is 13.0. The number of hydrogen-bond donors (Lipinski definition) is 1. The van der Waals surface area contributed by atoms with E-state index < -0.39 is 0 Å². The van der Waals surface area contributed by atoms with Gasteiger partial charge in [0.05, 0.1) is 5.56 Å². The number of para-hydroxylation sites is 1. The molecule has 2 aromatic rings. The highest BCUT2D eigenvalue weighted by molar-refractivity contribution is 5.94. The number of unbranched alkanes of at least 4 members (excludes halogenated alkanes) is 1. The minimum atomic E-state index is 0.0725. The third kappa shape index (κ3) is 6.29. The fourth-order valence-corrected chi connectivity index (χ4v) is 5.46. The second kappa shape index (κ2) is 11.7. The van der Waals surface area contributed by atoms with Crippen molar-refractivity contribution in [3.63, 3.8) is 0 Å². The Kier molecular flexibility index (Phi) is 8.44. The third-order valence-electron chi connectivity index (χ3n) is 7.57. The predicted molar refractivity (Wildman–Crippen MR) is 137 cm³/mol.